The molecule has 266 valence electrons. The lowest BCUT2D eigenvalue weighted by molar-refractivity contribution is 0.353. The molecule has 1 atom stereocenters. The van der Waals surface area contributed by atoms with Crippen LogP contribution < -0.4 is 33.9 Å². The van der Waals surface area contributed by atoms with E-state index < -0.39 is 13.6 Å². The van der Waals surface area contributed by atoms with Crippen LogP contribution in [-0.4, -0.2) is 31.3 Å². The second-order valence-electron chi connectivity index (χ2n) is 12.1. The van der Waals surface area contributed by atoms with Crippen LogP contribution in [0.2, 0.25) is 0 Å². The van der Waals surface area contributed by atoms with E-state index in [0.29, 0.717) is 28.1 Å². The molecule has 53 heavy (non-hydrogen) atoms. The number of nitrogens with zero attached hydrogens (tertiary/aromatic N) is 2. The zero-order valence-corrected chi connectivity index (χ0v) is 30.5. The molecule has 10 heteroatoms. The number of fused-ring (bicyclic) bond motifs is 2. The van der Waals surface area contributed by atoms with Crippen LogP contribution in [0.25, 0.3) is 27.9 Å². The Morgan fingerprint density at radius 2 is 1.38 bits per heavy atom. The summed E-state index contributed by atoms with van der Waals surface area (Å²) < 4.78 is 44.8. The summed E-state index contributed by atoms with van der Waals surface area (Å²) in [6.45, 7) is 4.24. The van der Waals surface area contributed by atoms with Crippen molar-refractivity contribution in [2.75, 3.05) is 21.3 Å². The Kier molecular flexibility index (Phi) is 10.4. The van der Waals surface area contributed by atoms with Crippen molar-refractivity contribution in [2.45, 2.75) is 12.6 Å². The molecule has 0 unspecified atom stereocenters. The van der Waals surface area contributed by atoms with Gasteiger partial charge in [-0.2, -0.15) is 0 Å². The van der Waals surface area contributed by atoms with Crippen LogP contribution in [-0.2, 0) is 11.1 Å². The van der Waals surface area contributed by atoms with Crippen LogP contribution in [0.4, 0.5) is 0 Å². The molecule has 0 aliphatic carbocycles. The van der Waals surface area contributed by atoms with Gasteiger partial charge in [-0.05, 0) is 83.4 Å². The molecule has 9 nitrogen and oxygen atoms in total. The summed E-state index contributed by atoms with van der Waals surface area (Å²) in [5.41, 5.74) is 5.06. The summed E-state index contributed by atoms with van der Waals surface area (Å²) in [7, 11) is 0.526. The number of hydrogen-bond donors (Lipinski definition) is 1. The van der Waals surface area contributed by atoms with Crippen LogP contribution in [0.15, 0.2) is 140 Å². The Bertz CT molecular complexity index is 2420. The van der Waals surface area contributed by atoms with Gasteiger partial charge < -0.3 is 28.6 Å². The van der Waals surface area contributed by atoms with Gasteiger partial charge >= 0.3 is 7.60 Å². The first-order valence-electron chi connectivity index (χ1n) is 17.0. The molecule has 0 saturated carbocycles. The van der Waals surface area contributed by atoms with Gasteiger partial charge in [0, 0.05) is 23.5 Å². The van der Waals surface area contributed by atoms with E-state index in [-0.39, 0.29) is 18.0 Å². The highest BCUT2D eigenvalue weighted by molar-refractivity contribution is 7.63. The summed E-state index contributed by atoms with van der Waals surface area (Å²) in [6, 6.07) is 38.9. The first-order valence-corrected chi connectivity index (χ1v) is 18.5. The lowest BCUT2D eigenvalue weighted by Gasteiger charge is -2.25. The first-order chi connectivity index (χ1) is 25.9. The molecule has 0 radical (unpaired) electrons. The van der Waals surface area contributed by atoms with E-state index in [2.05, 4.69) is 22.9 Å². The minimum Gasteiger partial charge on any atom is -0.497 e. The molecule has 0 amide bonds. The molecular formula is C43H38N3O6P. The SMILES string of the molecule is C=Cc1cccc2nc([C@H](NCc3ccccc3P(=O)(Oc3ccccc3OC)Oc3ccccc3OC)c3ccnc4ccc(OC)cc34)ccc12. The van der Waals surface area contributed by atoms with Gasteiger partial charge in [-0.1, -0.05) is 73.3 Å². The fourth-order valence-corrected chi connectivity index (χ4v) is 8.16. The number of methoxy groups -OCH3 is 3. The van der Waals surface area contributed by atoms with Crippen LogP contribution in [0.3, 0.4) is 0 Å². The average molecular weight is 724 g/mol. The monoisotopic (exact) mass is 723 g/mol. The van der Waals surface area contributed by atoms with E-state index in [0.717, 1.165) is 38.6 Å². The summed E-state index contributed by atoms with van der Waals surface area (Å²) in [4.78, 5) is 9.78. The number of aromatic nitrogens is 2. The van der Waals surface area contributed by atoms with Crippen LogP contribution in [0.1, 0.15) is 28.4 Å². The number of nitrogens with one attached hydrogen (secondary N) is 1. The van der Waals surface area contributed by atoms with Gasteiger partial charge in [0.05, 0.1) is 49.4 Å². The molecule has 7 aromatic rings. The molecule has 1 N–H and O–H groups in total. The smallest absolute Gasteiger partial charge is 0.463 e. The number of ether oxygens (including phenoxy) is 3. The molecule has 5 aromatic carbocycles. The molecule has 0 saturated heterocycles. The summed E-state index contributed by atoms with van der Waals surface area (Å²) in [6.07, 6.45) is 3.62. The highest BCUT2D eigenvalue weighted by atomic mass is 31.2. The van der Waals surface area contributed by atoms with Crippen molar-refractivity contribution in [3.8, 4) is 28.7 Å². The van der Waals surface area contributed by atoms with Crippen LogP contribution in [0, 0.1) is 0 Å². The Balaban J connectivity index is 1.34. The fraction of sp³-hybridized carbons (Fsp3) is 0.116. The Hall–Kier alpha value is -6.15. The fourth-order valence-electron chi connectivity index (χ4n) is 6.34. The molecule has 2 heterocycles. The van der Waals surface area contributed by atoms with Gasteiger partial charge in [0.15, 0.2) is 23.0 Å². The number of hydrogen-bond acceptors (Lipinski definition) is 9. The number of para-hydroxylation sites is 4. The van der Waals surface area contributed by atoms with Gasteiger partial charge in [0.2, 0.25) is 0 Å². The standard InChI is InChI=1S/C43H38N3O6P/c1-5-29-14-12-15-36-32(29)22-24-37(46-36)43(33-25-26-44-35-23-21-31(48-2)27-34(33)35)45-28-30-13-6-11-20-42(30)53(47,51-40-18-9-7-16-38(40)49-3)52-41-19-10-8-17-39(41)50-4/h5-27,43,45H,1,28H2,2-4H3/t43-/m1/s1. The third-order valence-corrected chi connectivity index (χ3v) is 10.9. The predicted molar refractivity (Wildman–Crippen MR) is 210 cm³/mol. The largest absolute Gasteiger partial charge is 0.497 e. The Labute approximate surface area is 308 Å². The molecule has 0 fully saturated rings. The second-order valence-corrected chi connectivity index (χ2v) is 13.9. The van der Waals surface area contributed by atoms with E-state index in [4.69, 9.17) is 28.2 Å². The first kappa shape index (κ1) is 35.3. The highest BCUT2D eigenvalue weighted by Crippen LogP contribution is 2.52. The molecule has 2 aromatic heterocycles. The van der Waals surface area contributed by atoms with E-state index in [1.54, 1.807) is 55.8 Å². The average Bonchev–Trinajstić information content (AvgIpc) is 3.21. The van der Waals surface area contributed by atoms with Crippen molar-refractivity contribution in [1.29, 1.82) is 0 Å². The summed E-state index contributed by atoms with van der Waals surface area (Å²) >= 11 is 0. The van der Waals surface area contributed by atoms with Crippen LogP contribution >= 0.6 is 7.60 Å². The third kappa shape index (κ3) is 7.31. The summed E-state index contributed by atoms with van der Waals surface area (Å²) in [5, 5.41) is 6.02. The zero-order chi connectivity index (χ0) is 36.8. The van der Waals surface area contributed by atoms with E-state index in [1.807, 2.05) is 84.9 Å². The lowest BCUT2D eigenvalue weighted by Crippen LogP contribution is -2.27. The molecule has 0 bridgehead atoms. The van der Waals surface area contributed by atoms with Crippen molar-refractivity contribution < 1.29 is 27.8 Å². The van der Waals surface area contributed by atoms with Crippen molar-refractivity contribution in [3.05, 3.63) is 163 Å². The maximum atomic E-state index is 15.3. The minimum absolute atomic E-state index is 0.260. The number of rotatable bonds is 14. The number of benzene rings is 5. The molecule has 0 aliphatic heterocycles. The van der Waals surface area contributed by atoms with E-state index in [9.17, 15) is 0 Å². The van der Waals surface area contributed by atoms with Crippen molar-refractivity contribution in [3.63, 3.8) is 0 Å². The maximum Gasteiger partial charge on any atom is 0.463 e. The minimum atomic E-state index is -4.18. The van der Waals surface area contributed by atoms with Gasteiger partial charge in [-0.3, -0.25) is 9.97 Å². The van der Waals surface area contributed by atoms with Gasteiger partial charge in [0.25, 0.3) is 0 Å². The predicted octanol–water partition coefficient (Wildman–Crippen LogP) is 9.31. The third-order valence-electron chi connectivity index (χ3n) is 8.95. The van der Waals surface area contributed by atoms with Crippen molar-refractivity contribution in [1.82, 2.24) is 15.3 Å². The van der Waals surface area contributed by atoms with Crippen molar-refractivity contribution >= 4 is 40.8 Å². The normalized spacial score (nSPS) is 11.9. The van der Waals surface area contributed by atoms with Gasteiger partial charge in [0.1, 0.15) is 5.75 Å². The number of pyridine rings is 2. The Morgan fingerprint density at radius 3 is 2.06 bits per heavy atom. The topological polar surface area (TPSA) is 101 Å². The summed E-state index contributed by atoms with van der Waals surface area (Å²) in [5.74, 6) is 2.07. The van der Waals surface area contributed by atoms with E-state index in [1.165, 1.54) is 14.2 Å². The zero-order valence-electron chi connectivity index (χ0n) is 29.6. The second kappa shape index (κ2) is 15.6. The highest BCUT2D eigenvalue weighted by Gasteiger charge is 2.36. The van der Waals surface area contributed by atoms with Crippen molar-refractivity contribution in [2.24, 2.45) is 0 Å². The molecule has 0 spiro atoms. The quantitative estimate of drug-likeness (QED) is 0.110. The van der Waals surface area contributed by atoms with E-state index >= 15 is 4.57 Å². The lowest BCUT2D eigenvalue weighted by atomic mass is 9.97. The Morgan fingerprint density at radius 1 is 0.698 bits per heavy atom. The van der Waals surface area contributed by atoms with Crippen LogP contribution in [0.5, 0.6) is 28.7 Å². The molecule has 7 rings (SSSR count). The van der Waals surface area contributed by atoms with Gasteiger partial charge in [-0.15, -0.1) is 0 Å². The molecule has 0 aliphatic rings. The maximum absolute atomic E-state index is 15.3. The van der Waals surface area contributed by atoms with Gasteiger partial charge in [-0.25, -0.2) is 4.57 Å². The molecular weight excluding hydrogens is 685 g/mol.